The normalized spacial score (nSPS) is 25.7. The molecular formula is C16H29N5O3S. The number of urea groups is 1. The van der Waals surface area contributed by atoms with Gasteiger partial charge >= 0.3 is 6.03 Å². The van der Waals surface area contributed by atoms with Crippen molar-refractivity contribution in [2.75, 3.05) is 5.75 Å². The van der Waals surface area contributed by atoms with Crippen LogP contribution in [0.4, 0.5) is 4.79 Å². The summed E-state index contributed by atoms with van der Waals surface area (Å²) in [5.41, 5.74) is 2.11. The highest BCUT2D eigenvalue weighted by molar-refractivity contribution is 8.00. The maximum Gasteiger partial charge on any atom is 0.315 e. The molecule has 8 nitrogen and oxygen atoms in total. The smallest absolute Gasteiger partial charge is 0.315 e. The number of nitrogens with two attached hydrogens (primary N) is 1. The SMILES string of the molecule is CCCCC(NC(=O)CCCC[C@@H]1SC[C@@H]2NC(=O)N[C@@H]21)C(=O)NN. The fourth-order valence-electron chi connectivity index (χ4n) is 3.32. The van der Waals surface area contributed by atoms with E-state index in [4.69, 9.17) is 5.84 Å². The minimum Gasteiger partial charge on any atom is -0.344 e. The fraction of sp³-hybridized carbons (Fsp3) is 0.812. The molecule has 0 bridgehead atoms. The Morgan fingerprint density at radius 2 is 2.12 bits per heavy atom. The molecule has 9 heteroatoms. The van der Waals surface area contributed by atoms with Gasteiger partial charge in [-0.05, 0) is 19.3 Å². The number of rotatable bonds is 10. The zero-order valence-corrected chi connectivity index (χ0v) is 15.5. The third-order valence-electron chi connectivity index (χ3n) is 4.72. The van der Waals surface area contributed by atoms with Crippen molar-refractivity contribution >= 4 is 29.6 Å². The van der Waals surface area contributed by atoms with Crippen LogP contribution in [0.2, 0.25) is 0 Å². The van der Waals surface area contributed by atoms with Crippen LogP contribution in [0.3, 0.4) is 0 Å². The highest BCUT2D eigenvalue weighted by atomic mass is 32.2. The first-order chi connectivity index (χ1) is 12.0. The molecule has 2 aliphatic rings. The van der Waals surface area contributed by atoms with Crippen molar-refractivity contribution < 1.29 is 14.4 Å². The Balaban J connectivity index is 1.64. The van der Waals surface area contributed by atoms with Crippen molar-refractivity contribution in [3.63, 3.8) is 0 Å². The summed E-state index contributed by atoms with van der Waals surface area (Å²) in [6.07, 6.45) is 5.48. The van der Waals surface area contributed by atoms with Gasteiger partial charge in [0.25, 0.3) is 5.91 Å². The van der Waals surface area contributed by atoms with Gasteiger partial charge in [0.15, 0.2) is 0 Å². The van der Waals surface area contributed by atoms with Gasteiger partial charge in [-0.1, -0.05) is 26.2 Å². The summed E-state index contributed by atoms with van der Waals surface area (Å²) in [5.74, 6) is 5.66. The predicted octanol–water partition coefficient (Wildman–Crippen LogP) is 0.377. The fourth-order valence-corrected chi connectivity index (χ4v) is 4.86. The number of nitrogens with one attached hydrogen (secondary N) is 4. The lowest BCUT2D eigenvalue weighted by Gasteiger charge is -2.18. The number of hydrazine groups is 1. The molecule has 0 spiro atoms. The van der Waals surface area contributed by atoms with E-state index < -0.39 is 6.04 Å². The molecule has 142 valence electrons. The first-order valence-electron chi connectivity index (χ1n) is 9.03. The molecule has 0 aliphatic carbocycles. The molecular weight excluding hydrogens is 342 g/mol. The van der Waals surface area contributed by atoms with Crippen molar-refractivity contribution in [3.05, 3.63) is 0 Å². The highest BCUT2D eigenvalue weighted by Gasteiger charge is 2.42. The molecule has 25 heavy (non-hydrogen) atoms. The van der Waals surface area contributed by atoms with Crippen LogP contribution in [0.5, 0.6) is 0 Å². The van der Waals surface area contributed by atoms with Gasteiger partial charge in [-0.25, -0.2) is 10.6 Å². The summed E-state index contributed by atoms with van der Waals surface area (Å²) >= 11 is 1.88. The molecule has 2 aliphatic heterocycles. The molecule has 2 saturated heterocycles. The number of carbonyl (C=O) groups is 3. The lowest BCUT2D eigenvalue weighted by atomic mass is 10.0. The molecule has 1 unspecified atom stereocenters. The van der Waals surface area contributed by atoms with Crippen LogP contribution in [0.1, 0.15) is 51.9 Å². The Labute approximate surface area is 152 Å². The molecule has 6 N–H and O–H groups in total. The quantitative estimate of drug-likeness (QED) is 0.125. The lowest BCUT2D eigenvalue weighted by Crippen LogP contribution is -2.48. The van der Waals surface area contributed by atoms with Gasteiger partial charge in [0.1, 0.15) is 6.04 Å². The predicted molar refractivity (Wildman–Crippen MR) is 97.7 cm³/mol. The number of carbonyl (C=O) groups excluding carboxylic acids is 3. The van der Waals surface area contributed by atoms with Crippen molar-refractivity contribution in [2.24, 2.45) is 5.84 Å². The van der Waals surface area contributed by atoms with Gasteiger partial charge in [-0.3, -0.25) is 15.0 Å². The second-order valence-corrected chi connectivity index (χ2v) is 7.91. The third-order valence-corrected chi connectivity index (χ3v) is 6.23. The molecule has 2 fully saturated rings. The van der Waals surface area contributed by atoms with Crippen molar-refractivity contribution in [3.8, 4) is 0 Å². The summed E-state index contributed by atoms with van der Waals surface area (Å²) in [6.45, 7) is 2.03. The van der Waals surface area contributed by atoms with Crippen LogP contribution in [-0.2, 0) is 9.59 Å². The minimum absolute atomic E-state index is 0.0732. The molecule has 0 saturated carbocycles. The van der Waals surface area contributed by atoms with E-state index in [9.17, 15) is 14.4 Å². The Kier molecular flexibility index (Phi) is 7.83. The van der Waals surface area contributed by atoms with E-state index in [0.29, 0.717) is 18.1 Å². The van der Waals surface area contributed by atoms with Gasteiger partial charge in [-0.15, -0.1) is 0 Å². The molecule has 0 radical (unpaired) electrons. The molecule has 2 rings (SSSR count). The minimum atomic E-state index is -0.552. The Hall–Kier alpha value is -1.48. The number of amides is 4. The second kappa shape index (κ2) is 9.86. The summed E-state index contributed by atoms with van der Waals surface area (Å²) in [7, 11) is 0. The van der Waals surface area contributed by atoms with Crippen LogP contribution in [0, 0.1) is 0 Å². The molecule has 4 amide bonds. The molecule has 0 aromatic carbocycles. The molecule has 4 atom stereocenters. The number of thioether (sulfide) groups is 1. The van der Waals surface area contributed by atoms with Gasteiger partial charge in [0.2, 0.25) is 5.91 Å². The molecule has 2 heterocycles. The first-order valence-corrected chi connectivity index (χ1v) is 10.1. The molecule has 0 aromatic heterocycles. The van der Waals surface area contributed by atoms with E-state index >= 15 is 0 Å². The Bertz CT molecular complexity index is 490. The first kappa shape index (κ1) is 19.8. The average molecular weight is 372 g/mol. The third kappa shape index (κ3) is 5.78. The zero-order valence-electron chi connectivity index (χ0n) is 14.7. The van der Waals surface area contributed by atoms with Gasteiger partial charge in [-0.2, -0.15) is 11.8 Å². The monoisotopic (exact) mass is 371 g/mol. The van der Waals surface area contributed by atoms with E-state index in [-0.39, 0.29) is 29.9 Å². The molecule has 0 aromatic rings. The van der Waals surface area contributed by atoms with Crippen molar-refractivity contribution in [1.29, 1.82) is 0 Å². The van der Waals surface area contributed by atoms with E-state index in [0.717, 1.165) is 37.9 Å². The van der Waals surface area contributed by atoms with E-state index in [1.807, 2.05) is 18.7 Å². The van der Waals surface area contributed by atoms with Crippen LogP contribution < -0.4 is 27.2 Å². The van der Waals surface area contributed by atoms with Crippen LogP contribution >= 0.6 is 11.8 Å². The van der Waals surface area contributed by atoms with Gasteiger partial charge in [0.05, 0.1) is 12.1 Å². The largest absolute Gasteiger partial charge is 0.344 e. The summed E-state index contributed by atoms with van der Waals surface area (Å²) in [5, 5.41) is 9.08. The summed E-state index contributed by atoms with van der Waals surface area (Å²) in [4.78, 5) is 35.1. The number of fused-ring (bicyclic) bond motifs is 1. The summed E-state index contributed by atoms with van der Waals surface area (Å²) in [6, 6.07) is -0.183. The zero-order chi connectivity index (χ0) is 18.2. The maximum absolute atomic E-state index is 12.1. The van der Waals surface area contributed by atoms with Gasteiger partial charge in [0, 0.05) is 17.4 Å². The van der Waals surface area contributed by atoms with E-state index in [1.54, 1.807) is 0 Å². The standard InChI is InChI=1S/C16H29N5O3S/c1-2-3-6-10(15(23)21-17)18-13(22)8-5-4-7-12-14-11(9-25-12)19-16(24)20-14/h10-12,14H,2-9,17H2,1H3,(H,18,22)(H,21,23)(H2,19,20,24)/t10?,11-,12-,14-/m0/s1. The Morgan fingerprint density at radius 1 is 1.32 bits per heavy atom. The van der Waals surface area contributed by atoms with E-state index in [1.165, 1.54) is 0 Å². The van der Waals surface area contributed by atoms with Crippen LogP contribution in [-0.4, -0.2) is 47.0 Å². The summed E-state index contributed by atoms with van der Waals surface area (Å²) < 4.78 is 0. The Morgan fingerprint density at radius 3 is 2.84 bits per heavy atom. The highest BCUT2D eigenvalue weighted by Crippen LogP contribution is 2.33. The van der Waals surface area contributed by atoms with Crippen molar-refractivity contribution in [2.45, 2.75) is 75.2 Å². The van der Waals surface area contributed by atoms with Gasteiger partial charge < -0.3 is 16.0 Å². The van der Waals surface area contributed by atoms with E-state index in [2.05, 4.69) is 21.4 Å². The van der Waals surface area contributed by atoms with Crippen LogP contribution in [0.25, 0.3) is 0 Å². The lowest BCUT2D eigenvalue weighted by molar-refractivity contribution is -0.129. The maximum atomic E-state index is 12.1. The number of hydrogen-bond acceptors (Lipinski definition) is 5. The number of hydrogen-bond donors (Lipinski definition) is 5. The number of unbranched alkanes of at least 4 members (excludes halogenated alkanes) is 2. The average Bonchev–Trinajstić information content (AvgIpc) is 3.14. The van der Waals surface area contributed by atoms with Crippen LogP contribution in [0.15, 0.2) is 0 Å². The topological polar surface area (TPSA) is 125 Å². The van der Waals surface area contributed by atoms with Crippen molar-refractivity contribution in [1.82, 2.24) is 21.4 Å². The second-order valence-electron chi connectivity index (χ2n) is 6.64.